The number of rotatable bonds is 3. The van der Waals surface area contributed by atoms with E-state index in [-0.39, 0.29) is 17.6 Å². The van der Waals surface area contributed by atoms with Crippen molar-refractivity contribution in [1.29, 1.82) is 0 Å². The van der Waals surface area contributed by atoms with Gasteiger partial charge in [-0.2, -0.15) is 0 Å². The molecule has 0 radical (unpaired) electrons. The van der Waals surface area contributed by atoms with Crippen LogP contribution in [0.1, 0.15) is 19.8 Å². The van der Waals surface area contributed by atoms with Crippen molar-refractivity contribution >= 4 is 45.9 Å². The van der Waals surface area contributed by atoms with Crippen LogP contribution < -0.4 is 10.6 Å². The smallest absolute Gasteiger partial charge is 0.211 e. The summed E-state index contributed by atoms with van der Waals surface area (Å²) in [6, 6.07) is 7.92. The minimum absolute atomic E-state index is 0.0884. The van der Waals surface area contributed by atoms with Gasteiger partial charge in [0.2, 0.25) is 5.95 Å². The monoisotopic (exact) mass is 480 g/mol. The van der Waals surface area contributed by atoms with Crippen LogP contribution in [0.5, 0.6) is 0 Å². The van der Waals surface area contributed by atoms with Gasteiger partial charge in [-0.1, -0.05) is 29.4 Å². The molecule has 7 nitrogen and oxygen atoms in total. The average Bonchev–Trinajstić information content (AvgIpc) is 3.42. The number of halogens is 1. The third-order valence-corrected chi connectivity index (χ3v) is 8.47. The van der Waals surface area contributed by atoms with E-state index < -0.39 is 0 Å². The molecule has 2 atom stereocenters. The van der Waals surface area contributed by atoms with Crippen molar-refractivity contribution in [2.24, 2.45) is 11.1 Å². The normalized spacial score (nSPS) is 22.6. The van der Waals surface area contributed by atoms with Gasteiger partial charge < -0.3 is 15.4 Å². The number of hydrogen-bond acceptors (Lipinski definition) is 7. The summed E-state index contributed by atoms with van der Waals surface area (Å²) in [4.78, 5) is 18.4. The van der Waals surface area contributed by atoms with Crippen molar-refractivity contribution in [2.45, 2.75) is 41.7 Å². The number of ether oxygens (including phenoxy) is 1. The Labute approximate surface area is 201 Å². The molecule has 2 aliphatic rings. The van der Waals surface area contributed by atoms with E-state index >= 15 is 0 Å². The highest BCUT2D eigenvalue weighted by Crippen LogP contribution is 2.42. The molecule has 1 aromatic carbocycles. The first-order valence-electron chi connectivity index (χ1n) is 11.2. The lowest BCUT2D eigenvalue weighted by Crippen LogP contribution is -2.51. The van der Waals surface area contributed by atoms with Crippen LogP contribution in [0.3, 0.4) is 0 Å². The fraction of sp³-hybridized carbons (Fsp3) is 0.375. The van der Waals surface area contributed by atoms with Crippen LogP contribution in [0.4, 0.5) is 5.95 Å². The van der Waals surface area contributed by atoms with Crippen LogP contribution in [0.25, 0.3) is 16.6 Å². The molecule has 2 aliphatic heterocycles. The number of nitrogens with two attached hydrogens (primary N) is 1. The number of nitrogens with zero attached hydrogens (tertiary/aromatic N) is 5. The highest BCUT2D eigenvalue weighted by atomic mass is 35.5. The fourth-order valence-corrected chi connectivity index (χ4v) is 6.28. The second-order valence-corrected chi connectivity index (χ2v) is 10.5. The van der Waals surface area contributed by atoms with Crippen molar-refractivity contribution in [3.05, 3.63) is 54.1 Å². The highest BCUT2D eigenvalue weighted by Gasteiger charge is 2.47. The first kappa shape index (κ1) is 21.2. The van der Waals surface area contributed by atoms with Gasteiger partial charge in [-0.05, 0) is 38.0 Å². The van der Waals surface area contributed by atoms with Gasteiger partial charge in [-0.3, -0.25) is 9.38 Å². The van der Waals surface area contributed by atoms with Crippen LogP contribution in [0.2, 0.25) is 5.02 Å². The van der Waals surface area contributed by atoms with Gasteiger partial charge in [0.15, 0.2) is 5.65 Å². The molecule has 1 spiro atoms. The molecular formula is C24H25ClN6OS. The number of pyridine rings is 1. The summed E-state index contributed by atoms with van der Waals surface area (Å²) < 4.78 is 7.97. The van der Waals surface area contributed by atoms with Crippen molar-refractivity contribution in [3.8, 4) is 0 Å². The summed E-state index contributed by atoms with van der Waals surface area (Å²) in [7, 11) is 0. The summed E-state index contributed by atoms with van der Waals surface area (Å²) in [5.41, 5.74) is 8.37. The standard InChI is InChI=1S/C24H25ClN6OS/c1-15-21(26)24(14-32-15)5-9-30(10-6-24)23-29-13-20(22-28-8-11-31(22)23)33-19-4-7-27-18-12-16(25)2-3-17(18)19/h2-4,7-8,11-13,15,21H,5-6,9-10,14,26H2,1H3/t15-,21+/m0/s1. The summed E-state index contributed by atoms with van der Waals surface area (Å²) in [6.45, 7) is 4.66. The molecule has 2 N–H and O–H groups in total. The van der Waals surface area contributed by atoms with Crippen molar-refractivity contribution in [3.63, 3.8) is 0 Å². The maximum Gasteiger partial charge on any atom is 0.211 e. The van der Waals surface area contributed by atoms with Gasteiger partial charge in [0, 0.05) is 64.6 Å². The van der Waals surface area contributed by atoms with E-state index in [1.165, 1.54) is 0 Å². The van der Waals surface area contributed by atoms with Gasteiger partial charge >= 0.3 is 0 Å². The van der Waals surface area contributed by atoms with Gasteiger partial charge in [0.05, 0.1) is 23.1 Å². The van der Waals surface area contributed by atoms with Gasteiger partial charge in [0.1, 0.15) is 0 Å². The predicted octanol–water partition coefficient (Wildman–Crippen LogP) is 4.41. The van der Waals surface area contributed by atoms with Gasteiger partial charge in [-0.15, -0.1) is 0 Å². The summed E-state index contributed by atoms with van der Waals surface area (Å²) >= 11 is 7.80. The molecule has 3 aromatic heterocycles. The van der Waals surface area contributed by atoms with E-state index in [1.54, 1.807) is 11.8 Å². The number of imidazole rings is 1. The van der Waals surface area contributed by atoms with Gasteiger partial charge in [-0.25, -0.2) is 9.97 Å². The largest absolute Gasteiger partial charge is 0.376 e. The number of piperidine rings is 1. The second kappa shape index (κ2) is 8.13. The average molecular weight is 481 g/mol. The third-order valence-electron chi connectivity index (χ3n) is 7.15. The number of hydrogen-bond donors (Lipinski definition) is 1. The van der Waals surface area contributed by atoms with Crippen LogP contribution in [-0.4, -0.2) is 51.2 Å². The fourth-order valence-electron chi connectivity index (χ4n) is 5.12. The topological polar surface area (TPSA) is 81.6 Å². The Morgan fingerprint density at radius 1 is 1.12 bits per heavy atom. The third kappa shape index (κ3) is 3.56. The molecule has 33 heavy (non-hydrogen) atoms. The van der Waals surface area contributed by atoms with E-state index in [4.69, 9.17) is 27.1 Å². The molecule has 0 unspecified atom stereocenters. The zero-order valence-corrected chi connectivity index (χ0v) is 19.9. The van der Waals surface area contributed by atoms with Crippen LogP contribution in [0, 0.1) is 5.41 Å². The Morgan fingerprint density at radius 3 is 2.76 bits per heavy atom. The molecule has 2 fully saturated rings. The minimum Gasteiger partial charge on any atom is -0.376 e. The van der Waals surface area contributed by atoms with Crippen LogP contribution >= 0.6 is 23.4 Å². The second-order valence-electron chi connectivity index (χ2n) is 9.01. The van der Waals surface area contributed by atoms with E-state index in [9.17, 15) is 0 Å². The van der Waals surface area contributed by atoms with Crippen molar-refractivity contribution < 1.29 is 4.74 Å². The molecular weight excluding hydrogens is 456 g/mol. The molecule has 9 heteroatoms. The van der Waals surface area contributed by atoms with Crippen LogP contribution in [0.15, 0.2) is 58.8 Å². The molecule has 6 rings (SSSR count). The Bertz CT molecular complexity index is 1340. The Balaban J connectivity index is 1.29. The maximum atomic E-state index is 6.50. The zero-order valence-electron chi connectivity index (χ0n) is 18.3. The first-order chi connectivity index (χ1) is 16.0. The van der Waals surface area contributed by atoms with Gasteiger partial charge in [0.25, 0.3) is 0 Å². The summed E-state index contributed by atoms with van der Waals surface area (Å²) in [6.07, 6.45) is 9.73. The number of anilines is 1. The molecule has 170 valence electrons. The lowest BCUT2D eigenvalue weighted by molar-refractivity contribution is 0.0973. The predicted molar refractivity (Wildman–Crippen MR) is 131 cm³/mol. The lowest BCUT2D eigenvalue weighted by atomic mass is 9.73. The molecule has 0 saturated carbocycles. The molecule has 4 aromatic rings. The van der Waals surface area contributed by atoms with E-state index in [0.717, 1.165) is 64.8 Å². The Hall–Kier alpha value is -2.39. The quantitative estimate of drug-likeness (QED) is 0.465. The molecule has 0 aliphatic carbocycles. The van der Waals surface area contributed by atoms with Crippen molar-refractivity contribution in [2.75, 3.05) is 24.6 Å². The van der Waals surface area contributed by atoms with E-state index in [1.807, 2.05) is 49.1 Å². The summed E-state index contributed by atoms with van der Waals surface area (Å²) in [5, 5.41) is 1.74. The molecule has 5 heterocycles. The lowest BCUT2D eigenvalue weighted by Gasteiger charge is -2.41. The maximum absolute atomic E-state index is 6.50. The van der Waals surface area contributed by atoms with Crippen molar-refractivity contribution in [1.82, 2.24) is 19.4 Å². The summed E-state index contributed by atoms with van der Waals surface area (Å²) in [5.74, 6) is 0.925. The van der Waals surface area contributed by atoms with Crippen LogP contribution in [-0.2, 0) is 4.74 Å². The molecule has 0 bridgehead atoms. The number of fused-ring (bicyclic) bond motifs is 2. The van der Waals surface area contributed by atoms with E-state index in [2.05, 4.69) is 26.2 Å². The first-order valence-corrected chi connectivity index (χ1v) is 12.4. The van der Waals surface area contributed by atoms with E-state index in [0.29, 0.717) is 5.02 Å². The Kier molecular flexibility index (Phi) is 5.21. The molecule has 0 amide bonds. The molecule has 2 saturated heterocycles. The highest BCUT2D eigenvalue weighted by molar-refractivity contribution is 7.99. The zero-order chi connectivity index (χ0) is 22.6. The SMILES string of the molecule is C[C@@H]1OCC2(CCN(c3ncc(Sc4ccnc5cc(Cl)ccc45)c4nccn34)CC2)[C@@H]1N. The minimum atomic E-state index is 0.0884. The Morgan fingerprint density at radius 2 is 1.97 bits per heavy atom. The number of aromatic nitrogens is 4. The number of benzene rings is 1.